The lowest BCUT2D eigenvalue weighted by Crippen LogP contribution is -2.36. The summed E-state index contributed by atoms with van der Waals surface area (Å²) >= 11 is 1.61. The van der Waals surface area contributed by atoms with Crippen molar-refractivity contribution >= 4 is 17.2 Å². The Bertz CT molecular complexity index is 875. The smallest absolute Gasteiger partial charge is 0.270 e. The van der Waals surface area contributed by atoms with Crippen molar-refractivity contribution in [1.29, 1.82) is 0 Å². The van der Waals surface area contributed by atoms with Crippen LogP contribution in [0.4, 0.5) is 0 Å². The average molecular weight is 327 g/mol. The summed E-state index contributed by atoms with van der Waals surface area (Å²) in [7, 11) is 0. The highest BCUT2D eigenvalue weighted by Crippen LogP contribution is 2.25. The molecule has 118 valence electrons. The minimum absolute atomic E-state index is 0.0226. The van der Waals surface area contributed by atoms with Crippen molar-refractivity contribution in [3.05, 3.63) is 45.3 Å². The standard InChI is InChI=1S/C16H17N5OS/c1-9-12-7-21(4-3-13(12)20-19-9)16(22)14-5-11(6-17-14)15-8-23-10(2)18-15/h5-6,8,17H,3-4,7H2,1-2H3,(H,19,20). The number of aromatic amines is 2. The number of aryl methyl sites for hydroxylation is 2. The Labute approximate surface area is 137 Å². The number of hydrogen-bond donors (Lipinski definition) is 2. The van der Waals surface area contributed by atoms with E-state index in [1.165, 1.54) is 0 Å². The van der Waals surface area contributed by atoms with Gasteiger partial charge >= 0.3 is 0 Å². The lowest BCUT2D eigenvalue weighted by Gasteiger charge is -2.26. The number of thiazole rings is 1. The van der Waals surface area contributed by atoms with Crippen LogP contribution in [-0.2, 0) is 13.0 Å². The van der Waals surface area contributed by atoms with E-state index in [0.717, 1.165) is 39.6 Å². The number of carbonyl (C=O) groups excluding carboxylic acids is 1. The quantitative estimate of drug-likeness (QED) is 0.759. The molecule has 0 bridgehead atoms. The van der Waals surface area contributed by atoms with E-state index in [2.05, 4.69) is 20.2 Å². The predicted octanol–water partition coefficient (Wildman–Crippen LogP) is 2.68. The SMILES string of the molecule is Cc1nc(-c2c[nH]c(C(=O)N3CCc4n[nH]c(C)c4C3)c2)cs1. The van der Waals surface area contributed by atoms with E-state index in [-0.39, 0.29) is 5.91 Å². The molecule has 1 amide bonds. The van der Waals surface area contributed by atoms with Crippen molar-refractivity contribution in [2.24, 2.45) is 0 Å². The van der Waals surface area contributed by atoms with Crippen molar-refractivity contribution in [2.75, 3.05) is 6.54 Å². The Hall–Kier alpha value is -2.41. The van der Waals surface area contributed by atoms with Crippen molar-refractivity contribution in [1.82, 2.24) is 25.1 Å². The fraction of sp³-hybridized carbons (Fsp3) is 0.312. The minimum atomic E-state index is 0.0226. The summed E-state index contributed by atoms with van der Waals surface area (Å²) in [5.41, 5.74) is 5.74. The Morgan fingerprint density at radius 2 is 2.26 bits per heavy atom. The van der Waals surface area contributed by atoms with Crippen molar-refractivity contribution in [3.8, 4) is 11.3 Å². The zero-order chi connectivity index (χ0) is 16.0. The van der Waals surface area contributed by atoms with Gasteiger partial charge in [0.25, 0.3) is 5.91 Å². The van der Waals surface area contributed by atoms with Gasteiger partial charge in [-0.1, -0.05) is 0 Å². The molecule has 0 aromatic carbocycles. The molecular weight excluding hydrogens is 310 g/mol. The summed E-state index contributed by atoms with van der Waals surface area (Å²) in [6.45, 7) is 5.28. The van der Waals surface area contributed by atoms with E-state index in [4.69, 9.17) is 0 Å². The third kappa shape index (κ3) is 2.46. The molecule has 0 spiro atoms. The molecule has 0 saturated heterocycles. The summed E-state index contributed by atoms with van der Waals surface area (Å²) in [5.74, 6) is 0.0226. The summed E-state index contributed by atoms with van der Waals surface area (Å²) in [6, 6.07) is 1.88. The average Bonchev–Trinajstić information content (AvgIpc) is 3.27. The largest absolute Gasteiger partial charge is 0.357 e. The molecule has 3 aromatic heterocycles. The van der Waals surface area contributed by atoms with Gasteiger partial charge in [-0.2, -0.15) is 5.10 Å². The molecule has 0 unspecified atom stereocenters. The zero-order valence-corrected chi connectivity index (χ0v) is 13.8. The molecule has 1 aliphatic heterocycles. The first-order chi connectivity index (χ1) is 11.1. The lowest BCUT2D eigenvalue weighted by atomic mass is 10.1. The van der Waals surface area contributed by atoms with Crippen LogP contribution in [0.25, 0.3) is 11.3 Å². The van der Waals surface area contributed by atoms with E-state index in [1.807, 2.05) is 36.4 Å². The van der Waals surface area contributed by atoms with Crippen LogP contribution in [-0.4, -0.2) is 37.5 Å². The first-order valence-electron chi connectivity index (χ1n) is 7.54. The number of carbonyl (C=O) groups is 1. The van der Waals surface area contributed by atoms with Gasteiger partial charge in [0.1, 0.15) is 5.69 Å². The minimum Gasteiger partial charge on any atom is -0.357 e. The van der Waals surface area contributed by atoms with Gasteiger partial charge in [-0.25, -0.2) is 4.98 Å². The van der Waals surface area contributed by atoms with Crippen LogP contribution in [0.1, 0.15) is 32.4 Å². The summed E-state index contributed by atoms with van der Waals surface area (Å²) in [4.78, 5) is 22.2. The first-order valence-corrected chi connectivity index (χ1v) is 8.42. The lowest BCUT2D eigenvalue weighted by molar-refractivity contribution is 0.0729. The van der Waals surface area contributed by atoms with Crippen LogP contribution < -0.4 is 0 Å². The number of nitrogens with zero attached hydrogens (tertiary/aromatic N) is 3. The topological polar surface area (TPSA) is 77.7 Å². The number of rotatable bonds is 2. The Balaban J connectivity index is 1.56. The third-order valence-corrected chi connectivity index (χ3v) is 5.02. The molecule has 1 aliphatic rings. The second kappa shape index (κ2) is 5.34. The van der Waals surface area contributed by atoms with E-state index < -0.39 is 0 Å². The summed E-state index contributed by atoms with van der Waals surface area (Å²) < 4.78 is 0. The van der Waals surface area contributed by atoms with E-state index in [0.29, 0.717) is 18.8 Å². The first kappa shape index (κ1) is 14.2. The highest BCUT2D eigenvalue weighted by molar-refractivity contribution is 7.09. The number of hydrogen-bond acceptors (Lipinski definition) is 4. The van der Waals surface area contributed by atoms with Crippen LogP contribution in [0.2, 0.25) is 0 Å². The molecule has 0 aliphatic carbocycles. The van der Waals surface area contributed by atoms with Crippen molar-refractivity contribution < 1.29 is 4.79 Å². The van der Waals surface area contributed by atoms with Gasteiger partial charge in [0, 0.05) is 47.9 Å². The van der Waals surface area contributed by atoms with Crippen LogP contribution in [0.3, 0.4) is 0 Å². The maximum absolute atomic E-state index is 12.7. The molecule has 7 heteroatoms. The van der Waals surface area contributed by atoms with E-state index >= 15 is 0 Å². The highest BCUT2D eigenvalue weighted by Gasteiger charge is 2.25. The van der Waals surface area contributed by atoms with Gasteiger partial charge in [0.05, 0.1) is 16.4 Å². The van der Waals surface area contributed by atoms with Crippen LogP contribution in [0.5, 0.6) is 0 Å². The Morgan fingerprint density at radius 3 is 3.04 bits per heavy atom. The Morgan fingerprint density at radius 1 is 1.39 bits per heavy atom. The molecule has 0 fully saturated rings. The van der Waals surface area contributed by atoms with Gasteiger partial charge in [-0.05, 0) is 19.9 Å². The molecule has 6 nitrogen and oxygen atoms in total. The molecule has 0 saturated carbocycles. The molecule has 0 atom stereocenters. The van der Waals surface area contributed by atoms with Crippen LogP contribution in [0.15, 0.2) is 17.6 Å². The normalized spacial score (nSPS) is 14.1. The molecule has 3 aromatic rings. The van der Waals surface area contributed by atoms with E-state index in [9.17, 15) is 4.79 Å². The van der Waals surface area contributed by atoms with Gasteiger partial charge < -0.3 is 9.88 Å². The fourth-order valence-corrected chi connectivity index (χ4v) is 3.56. The molecule has 4 rings (SSSR count). The third-order valence-electron chi connectivity index (χ3n) is 4.24. The second-order valence-corrected chi connectivity index (χ2v) is 6.87. The van der Waals surface area contributed by atoms with Gasteiger partial charge in [0.15, 0.2) is 0 Å². The van der Waals surface area contributed by atoms with Crippen molar-refractivity contribution in [2.45, 2.75) is 26.8 Å². The van der Waals surface area contributed by atoms with Gasteiger partial charge in [-0.3, -0.25) is 9.89 Å². The van der Waals surface area contributed by atoms with Crippen LogP contribution >= 0.6 is 11.3 Å². The summed E-state index contributed by atoms with van der Waals surface area (Å²) in [6.07, 6.45) is 2.64. The monoisotopic (exact) mass is 327 g/mol. The van der Waals surface area contributed by atoms with Crippen molar-refractivity contribution in [3.63, 3.8) is 0 Å². The number of amides is 1. The number of nitrogens with one attached hydrogen (secondary N) is 2. The van der Waals surface area contributed by atoms with E-state index in [1.54, 1.807) is 11.3 Å². The number of H-pyrrole nitrogens is 2. The van der Waals surface area contributed by atoms with Gasteiger partial charge in [0.2, 0.25) is 0 Å². The molecule has 23 heavy (non-hydrogen) atoms. The fourth-order valence-electron chi connectivity index (χ4n) is 2.94. The molecule has 4 heterocycles. The molecular formula is C16H17N5OS. The maximum Gasteiger partial charge on any atom is 0.270 e. The highest BCUT2D eigenvalue weighted by atomic mass is 32.1. The van der Waals surface area contributed by atoms with Crippen LogP contribution in [0, 0.1) is 13.8 Å². The summed E-state index contributed by atoms with van der Waals surface area (Å²) in [5, 5.41) is 10.3. The molecule has 2 N–H and O–H groups in total. The zero-order valence-electron chi connectivity index (χ0n) is 13.0. The molecule has 0 radical (unpaired) electrons. The maximum atomic E-state index is 12.7. The number of aromatic nitrogens is 4. The second-order valence-electron chi connectivity index (χ2n) is 5.80. The Kier molecular flexibility index (Phi) is 3.30. The predicted molar refractivity (Wildman–Crippen MR) is 88.4 cm³/mol. The van der Waals surface area contributed by atoms with Gasteiger partial charge in [-0.15, -0.1) is 11.3 Å². The number of fused-ring (bicyclic) bond motifs is 1.